The van der Waals surface area contributed by atoms with Crippen LogP contribution < -0.4 is 4.90 Å². The van der Waals surface area contributed by atoms with Crippen molar-refractivity contribution in [2.24, 2.45) is 0 Å². The Bertz CT molecular complexity index is 720. The summed E-state index contributed by atoms with van der Waals surface area (Å²) >= 11 is 0. The molecular weight excluding hydrogens is 314 g/mol. The molecule has 0 spiro atoms. The van der Waals surface area contributed by atoms with Crippen molar-refractivity contribution < 1.29 is 22.7 Å². The minimum absolute atomic E-state index is 0.0781. The first-order chi connectivity index (χ1) is 10.8. The zero-order valence-electron chi connectivity index (χ0n) is 11.9. The van der Waals surface area contributed by atoms with E-state index in [2.05, 4.69) is 9.97 Å². The van der Waals surface area contributed by atoms with E-state index >= 15 is 0 Å². The van der Waals surface area contributed by atoms with E-state index in [0.29, 0.717) is 31.4 Å². The van der Waals surface area contributed by atoms with Gasteiger partial charge < -0.3 is 10.0 Å². The molecule has 0 unspecified atom stereocenters. The number of hydrogen-bond acceptors (Lipinski definition) is 4. The Balaban J connectivity index is 1.96. The lowest BCUT2D eigenvalue weighted by atomic mass is 10.1. The zero-order valence-corrected chi connectivity index (χ0v) is 11.9. The summed E-state index contributed by atoms with van der Waals surface area (Å²) in [5, 5.41) is 9.55. The predicted molar refractivity (Wildman–Crippen MR) is 75.3 cm³/mol. The summed E-state index contributed by atoms with van der Waals surface area (Å²) in [4.78, 5) is 10.0. The minimum Gasteiger partial charge on any atom is -0.391 e. The Morgan fingerprint density at radius 2 is 2.00 bits per heavy atom. The average Bonchev–Trinajstić information content (AvgIpc) is 2.93. The Morgan fingerprint density at radius 1 is 1.22 bits per heavy atom. The van der Waals surface area contributed by atoms with Crippen LogP contribution in [0.1, 0.15) is 12.0 Å². The van der Waals surface area contributed by atoms with Crippen LogP contribution in [-0.2, 0) is 6.18 Å². The van der Waals surface area contributed by atoms with Gasteiger partial charge in [0.2, 0.25) is 0 Å². The number of alkyl halides is 3. The fourth-order valence-corrected chi connectivity index (χ4v) is 2.50. The van der Waals surface area contributed by atoms with Crippen molar-refractivity contribution in [2.75, 3.05) is 18.0 Å². The van der Waals surface area contributed by atoms with Gasteiger partial charge in [0, 0.05) is 24.8 Å². The Labute approximate surface area is 129 Å². The fraction of sp³-hybridized carbons (Fsp3) is 0.333. The van der Waals surface area contributed by atoms with E-state index in [0.717, 1.165) is 6.07 Å². The molecule has 1 saturated heterocycles. The molecule has 1 aromatic carbocycles. The van der Waals surface area contributed by atoms with Crippen LogP contribution >= 0.6 is 0 Å². The average molecular weight is 327 g/mol. The van der Waals surface area contributed by atoms with Gasteiger partial charge in [-0.1, -0.05) is 0 Å². The first-order valence-corrected chi connectivity index (χ1v) is 6.98. The van der Waals surface area contributed by atoms with Crippen molar-refractivity contribution in [1.82, 2.24) is 9.97 Å². The highest BCUT2D eigenvalue weighted by Crippen LogP contribution is 2.33. The molecule has 4 nitrogen and oxygen atoms in total. The second-order valence-corrected chi connectivity index (χ2v) is 5.32. The van der Waals surface area contributed by atoms with E-state index in [1.807, 2.05) is 4.90 Å². The quantitative estimate of drug-likeness (QED) is 0.862. The summed E-state index contributed by atoms with van der Waals surface area (Å²) in [6.45, 7) is 1.02. The molecule has 23 heavy (non-hydrogen) atoms. The van der Waals surface area contributed by atoms with Crippen LogP contribution in [0.15, 0.2) is 30.5 Å². The number of halogens is 4. The molecule has 1 aliphatic heterocycles. The van der Waals surface area contributed by atoms with Gasteiger partial charge in [0.05, 0.1) is 11.7 Å². The lowest BCUT2D eigenvalue weighted by molar-refractivity contribution is -0.139. The van der Waals surface area contributed by atoms with Crippen molar-refractivity contribution >= 4 is 5.82 Å². The lowest BCUT2D eigenvalue weighted by Crippen LogP contribution is -2.22. The van der Waals surface area contributed by atoms with Gasteiger partial charge >= 0.3 is 6.18 Å². The molecule has 122 valence electrons. The van der Waals surface area contributed by atoms with Crippen LogP contribution in [0.5, 0.6) is 0 Å². The molecule has 0 amide bonds. The first-order valence-electron chi connectivity index (χ1n) is 6.98. The number of benzene rings is 1. The third-order valence-electron chi connectivity index (χ3n) is 3.66. The molecule has 0 radical (unpaired) electrons. The van der Waals surface area contributed by atoms with Crippen LogP contribution in [0.3, 0.4) is 0 Å². The molecule has 1 aromatic heterocycles. The lowest BCUT2D eigenvalue weighted by Gasteiger charge is -2.17. The monoisotopic (exact) mass is 327 g/mol. The van der Waals surface area contributed by atoms with Crippen LogP contribution in [0.4, 0.5) is 23.4 Å². The molecule has 1 fully saturated rings. The Hall–Kier alpha value is -2.22. The van der Waals surface area contributed by atoms with Crippen LogP contribution in [0, 0.1) is 5.82 Å². The van der Waals surface area contributed by atoms with Crippen LogP contribution in [0.25, 0.3) is 11.4 Å². The Morgan fingerprint density at radius 3 is 2.65 bits per heavy atom. The zero-order chi connectivity index (χ0) is 16.6. The molecule has 1 atom stereocenters. The van der Waals surface area contributed by atoms with E-state index in [1.165, 1.54) is 12.3 Å². The highest BCUT2D eigenvalue weighted by Gasteiger charge is 2.34. The molecule has 1 aliphatic rings. The smallest absolute Gasteiger partial charge is 0.391 e. The number of anilines is 1. The second kappa shape index (κ2) is 5.77. The molecule has 1 N–H and O–H groups in total. The van der Waals surface area contributed by atoms with E-state index in [-0.39, 0.29) is 11.4 Å². The van der Waals surface area contributed by atoms with E-state index in [9.17, 15) is 22.7 Å². The normalized spacial score (nSPS) is 18.5. The third-order valence-corrected chi connectivity index (χ3v) is 3.66. The summed E-state index contributed by atoms with van der Waals surface area (Å²) in [5.41, 5.74) is -1.26. The van der Waals surface area contributed by atoms with Gasteiger partial charge in [-0.3, -0.25) is 0 Å². The highest BCUT2D eigenvalue weighted by atomic mass is 19.4. The molecule has 0 bridgehead atoms. The van der Waals surface area contributed by atoms with Gasteiger partial charge in [-0.25, -0.2) is 14.4 Å². The molecule has 0 saturated carbocycles. The van der Waals surface area contributed by atoms with Crippen molar-refractivity contribution in [1.29, 1.82) is 0 Å². The predicted octanol–water partition coefficient (Wildman–Crippen LogP) is 2.87. The SMILES string of the molecule is O[C@@H]1CCN(c2ccnc(-c3ccc(F)c(C(F)(F)F)c3)n2)C1. The molecular formula is C15H13F4N3O. The van der Waals surface area contributed by atoms with Crippen molar-refractivity contribution in [3.05, 3.63) is 41.8 Å². The summed E-state index contributed by atoms with van der Waals surface area (Å²) in [6, 6.07) is 4.29. The second-order valence-electron chi connectivity index (χ2n) is 5.32. The van der Waals surface area contributed by atoms with Gasteiger partial charge in [-0.2, -0.15) is 13.2 Å². The number of aromatic nitrogens is 2. The van der Waals surface area contributed by atoms with Gasteiger partial charge in [-0.15, -0.1) is 0 Å². The van der Waals surface area contributed by atoms with E-state index in [1.54, 1.807) is 6.07 Å². The standard InChI is InChI=1S/C15H13F4N3O/c16-12-2-1-9(7-11(12)15(17,18)19)14-20-5-3-13(21-14)22-6-4-10(23)8-22/h1-3,5,7,10,23H,4,6,8H2/t10-/m1/s1. The van der Waals surface area contributed by atoms with Gasteiger partial charge in [0.15, 0.2) is 5.82 Å². The fourth-order valence-electron chi connectivity index (χ4n) is 2.50. The van der Waals surface area contributed by atoms with Crippen LogP contribution in [0.2, 0.25) is 0 Å². The van der Waals surface area contributed by atoms with E-state index < -0.39 is 23.7 Å². The van der Waals surface area contributed by atoms with Crippen molar-refractivity contribution in [3.8, 4) is 11.4 Å². The molecule has 3 rings (SSSR count). The molecule has 0 aliphatic carbocycles. The minimum atomic E-state index is -4.78. The topological polar surface area (TPSA) is 49.2 Å². The van der Waals surface area contributed by atoms with E-state index in [4.69, 9.17) is 0 Å². The number of aliphatic hydroxyl groups excluding tert-OH is 1. The maximum atomic E-state index is 13.4. The number of rotatable bonds is 2. The van der Waals surface area contributed by atoms with Crippen molar-refractivity contribution in [2.45, 2.75) is 18.7 Å². The summed E-state index contributed by atoms with van der Waals surface area (Å²) < 4.78 is 51.7. The van der Waals surface area contributed by atoms with Crippen molar-refractivity contribution in [3.63, 3.8) is 0 Å². The van der Waals surface area contributed by atoms with Gasteiger partial charge in [0.1, 0.15) is 11.6 Å². The Kier molecular flexibility index (Phi) is 3.93. The maximum absolute atomic E-state index is 13.4. The third kappa shape index (κ3) is 3.26. The summed E-state index contributed by atoms with van der Waals surface area (Å²) in [5.74, 6) is -0.737. The number of aliphatic hydroxyl groups is 1. The maximum Gasteiger partial charge on any atom is 0.419 e. The number of hydrogen-bond donors (Lipinski definition) is 1. The first kappa shape index (κ1) is 15.7. The highest BCUT2D eigenvalue weighted by molar-refractivity contribution is 5.59. The number of β-amino-alcohol motifs (C(OH)–C–C–N with tert-alkyl or cyclic N) is 1. The molecule has 2 aromatic rings. The number of nitrogens with zero attached hydrogens (tertiary/aromatic N) is 3. The largest absolute Gasteiger partial charge is 0.419 e. The summed E-state index contributed by atoms with van der Waals surface area (Å²) in [6.07, 6.45) is -3.19. The molecule has 2 heterocycles. The van der Waals surface area contributed by atoms with Gasteiger partial charge in [-0.05, 0) is 30.7 Å². The molecule has 8 heteroatoms. The van der Waals surface area contributed by atoms with Crippen LogP contribution in [-0.4, -0.2) is 34.3 Å². The van der Waals surface area contributed by atoms with Gasteiger partial charge in [0.25, 0.3) is 0 Å². The summed E-state index contributed by atoms with van der Waals surface area (Å²) in [7, 11) is 0.